The Morgan fingerprint density at radius 3 is 2.70 bits per heavy atom. The summed E-state index contributed by atoms with van der Waals surface area (Å²) in [6, 6.07) is 4.61. The van der Waals surface area contributed by atoms with Crippen molar-refractivity contribution in [3.05, 3.63) is 35.5 Å². The van der Waals surface area contributed by atoms with Crippen LogP contribution >= 0.6 is 0 Å². The van der Waals surface area contributed by atoms with Crippen LogP contribution < -0.4 is 10.6 Å². The maximum atomic E-state index is 12.9. The molecule has 3 N–H and O–H groups in total. The van der Waals surface area contributed by atoms with Gasteiger partial charge in [0.05, 0.1) is 22.4 Å². The molecular formula is C20H23F3N6O. The van der Waals surface area contributed by atoms with Gasteiger partial charge in [0.1, 0.15) is 11.3 Å². The lowest BCUT2D eigenvalue weighted by Gasteiger charge is -2.38. The van der Waals surface area contributed by atoms with Crippen LogP contribution in [0.4, 0.5) is 19.0 Å². The first-order chi connectivity index (χ1) is 14.2. The molecule has 1 aliphatic heterocycles. The smallest absolute Gasteiger partial charge is 0.416 e. The molecule has 1 saturated heterocycles. The van der Waals surface area contributed by atoms with Crippen molar-refractivity contribution in [2.24, 2.45) is 0 Å². The summed E-state index contributed by atoms with van der Waals surface area (Å²) < 4.78 is 40.3. The number of anilines is 1. The van der Waals surface area contributed by atoms with Gasteiger partial charge in [-0.3, -0.25) is 0 Å². The summed E-state index contributed by atoms with van der Waals surface area (Å²) in [7, 11) is 0. The SMILES string of the molecule is CC[C@@]1(Nc2nnc(-c3ccc(C(F)(F)F)cc3O)n3nc(C)cc23)CCCNC1. The van der Waals surface area contributed by atoms with Crippen molar-refractivity contribution in [1.29, 1.82) is 0 Å². The average Bonchev–Trinajstić information content (AvgIpc) is 3.10. The van der Waals surface area contributed by atoms with Crippen molar-refractivity contribution >= 4 is 11.3 Å². The minimum atomic E-state index is -4.55. The lowest BCUT2D eigenvalue weighted by Crippen LogP contribution is -2.51. The molecule has 0 spiro atoms. The molecule has 0 saturated carbocycles. The van der Waals surface area contributed by atoms with Crippen molar-refractivity contribution in [1.82, 2.24) is 25.1 Å². The van der Waals surface area contributed by atoms with E-state index in [0.717, 1.165) is 38.4 Å². The van der Waals surface area contributed by atoms with Crippen molar-refractivity contribution in [3.63, 3.8) is 0 Å². The van der Waals surface area contributed by atoms with Crippen molar-refractivity contribution in [2.45, 2.75) is 44.8 Å². The van der Waals surface area contributed by atoms with E-state index in [2.05, 4.69) is 32.9 Å². The zero-order chi connectivity index (χ0) is 21.5. The van der Waals surface area contributed by atoms with Gasteiger partial charge in [0, 0.05) is 6.54 Å². The maximum absolute atomic E-state index is 12.9. The third-order valence-electron chi connectivity index (χ3n) is 5.62. The molecule has 0 unspecified atom stereocenters. The van der Waals surface area contributed by atoms with E-state index in [1.807, 2.05) is 13.0 Å². The van der Waals surface area contributed by atoms with E-state index in [9.17, 15) is 18.3 Å². The summed E-state index contributed by atoms with van der Waals surface area (Å²) >= 11 is 0. The number of halogens is 3. The van der Waals surface area contributed by atoms with E-state index in [1.54, 1.807) is 0 Å². The molecule has 10 heteroatoms. The molecule has 1 aromatic carbocycles. The number of alkyl halides is 3. The average molecular weight is 420 g/mol. The molecule has 2 aromatic heterocycles. The van der Waals surface area contributed by atoms with Gasteiger partial charge < -0.3 is 15.7 Å². The molecule has 7 nitrogen and oxygen atoms in total. The van der Waals surface area contributed by atoms with Gasteiger partial charge >= 0.3 is 6.18 Å². The second-order valence-electron chi connectivity index (χ2n) is 7.72. The van der Waals surface area contributed by atoms with Gasteiger partial charge in [-0.25, -0.2) is 4.52 Å². The first-order valence-electron chi connectivity index (χ1n) is 9.85. The Morgan fingerprint density at radius 2 is 2.07 bits per heavy atom. The van der Waals surface area contributed by atoms with E-state index in [4.69, 9.17) is 0 Å². The summed E-state index contributed by atoms with van der Waals surface area (Å²) in [6.07, 6.45) is -1.63. The number of phenols is 1. The summed E-state index contributed by atoms with van der Waals surface area (Å²) in [5, 5.41) is 30.1. The van der Waals surface area contributed by atoms with Gasteiger partial charge in [0.15, 0.2) is 11.6 Å². The van der Waals surface area contributed by atoms with Gasteiger partial charge in [-0.15, -0.1) is 10.2 Å². The highest BCUT2D eigenvalue weighted by molar-refractivity contribution is 5.74. The monoisotopic (exact) mass is 420 g/mol. The topological polar surface area (TPSA) is 87.4 Å². The van der Waals surface area contributed by atoms with Crippen LogP contribution in [0.15, 0.2) is 24.3 Å². The Hall–Kier alpha value is -2.88. The Morgan fingerprint density at radius 1 is 1.27 bits per heavy atom. The Kier molecular flexibility index (Phi) is 5.05. The molecule has 0 aliphatic carbocycles. The zero-order valence-corrected chi connectivity index (χ0v) is 16.7. The highest BCUT2D eigenvalue weighted by Crippen LogP contribution is 2.36. The van der Waals surface area contributed by atoms with Crippen LogP contribution in [0.2, 0.25) is 0 Å². The number of benzene rings is 1. The summed E-state index contributed by atoms with van der Waals surface area (Å²) in [4.78, 5) is 0. The number of nitrogens with zero attached hydrogens (tertiary/aromatic N) is 4. The van der Waals surface area contributed by atoms with Crippen LogP contribution in [0.3, 0.4) is 0 Å². The molecule has 1 atom stereocenters. The van der Waals surface area contributed by atoms with E-state index in [0.29, 0.717) is 23.1 Å². The minimum absolute atomic E-state index is 0.125. The standard InChI is InChI=1S/C20H23F3N6O/c1-3-19(7-4-8-24-11-19)25-17-15-9-12(2)28-29(15)18(27-26-17)14-6-5-13(10-16(14)30)20(21,22)23/h5-6,9-10,24,30H,3-4,7-8,11H2,1-2H3,(H,25,26)/t19-/m1/s1. The van der Waals surface area contributed by atoms with Crippen LogP contribution in [-0.4, -0.2) is 43.5 Å². The minimum Gasteiger partial charge on any atom is -0.507 e. The van der Waals surface area contributed by atoms with Crippen molar-refractivity contribution in [3.8, 4) is 17.1 Å². The third-order valence-corrected chi connectivity index (χ3v) is 5.62. The highest BCUT2D eigenvalue weighted by Gasteiger charge is 2.33. The lowest BCUT2D eigenvalue weighted by molar-refractivity contribution is -0.137. The van der Waals surface area contributed by atoms with Crippen molar-refractivity contribution < 1.29 is 18.3 Å². The van der Waals surface area contributed by atoms with E-state index in [1.165, 1.54) is 10.6 Å². The largest absolute Gasteiger partial charge is 0.507 e. The Bertz CT molecular complexity index is 1070. The van der Waals surface area contributed by atoms with Gasteiger partial charge in [0.25, 0.3) is 0 Å². The van der Waals surface area contributed by atoms with Crippen LogP contribution in [0.5, 0.6) is 5.75 Å². The van der Waals surface area contributed by atoms with Gasteiger partial charge in [-0.05, 0) is 57.0 Å². The lowest BCUT2D eigenvalue weighted by atomic mass is 9.87. The normalized spacial score (nSPS) is 19.9. The number of rotatable bonds is 4. The number of piperidine rings is 1. The fraction of sp³-hybridized carbons (Fsp3) is 0.450. The van der Waals surface area contributed by atoms with E-state index >= 15 is 0 Å². The fourth-order valence-electron chi connectivity index (χ4n) is 3.89. The molecule has 1 fully saturated rings. The molecule has 0 bridgehead atoms. The molecule has 0 amide bonds. The molecule has 3 heterocycles. The number of fused-ring (bicyclic) bond motifs is 1. The Labute approximate surface area is 171 Å². The molecule has 0 radical (unpaired) electrons. The molecule has 160 valence electrons. The number of aryl methyl sites for hydroxylation is 1. The van der Waals surface area contributed by atoms with E-state index in [-0.39, 0.29) is 16.9 Å². The van der Waals surface area contributed by atoms with Crippen molar-refractivity contribution in [2.75, 3.05) is 18.4 Å². The third kappa shape index (κ3) is 3.67. The predicted octanol–water partition coefficient (Wildman–Crippen LogP) is 3.77. The van der Waals surface area contributed by atoms with E-state index < -0.39 is 17.5 Å². The molecular weight excluding hydrogens is 397 g/mol. The molecule has 1 aliphatic rings. The quantitative estimate of drug-likeness (QED) is 0.596. The number of nitrogens with one attached hydrogen (secondary N) is 2. The maximum Gasteiger partial charge on any atom is 0.416 e. The second kappa shape index (κ2) is 7.42. The van der Waals surface area contributed by atoms with Crippen LogP contribution in [0, 0.1) is 6.92 Å². The first kappa shape index (κ1) is 20.4. The molecule has 3 aromatic rings. The predicted molar refractivity (Wildman–Crippen MR) is 106 cm³/mol. The van der Waals surface area contributed by atoms with Gasteiger partial charge in [0.2, 0.25) is 0 Å². The first-order valence-corrected chi connectivity index (χ1v) is 9.85. The summed E-state index contributed by atoms with van der Waals surface area (Å²) in [5.41, 5.74) is 0.379. The number of phenolic OH excluding ortho intramolecular Hbond substituents is 1. The summed E-state index contributed by atoms with van der Waals surface area (Å²) in [6.45, 7) is 5.69. The van der Waals surface area contributed by atoms with Crippen LogP contribution in [0.1, 0.15) is 37.4 Å². The van der Waals surface area contributed by atoms with Gasteiger partial charge in [-0.1, -0.05) is 6.92 Å². The highest BCUT2D eigenvalue weighted by atomic mass is 19.4. The number of aromatic hydroxyl groups is 1. The second-order valence-corrected chi connectivity index (χ2v) is 7.72. The number of hydrogen-bond acceptors (Lipinski definition) is 6. The zero-order valence-electron chi connectivity index (χ0n) is 16.7. The van der Waals surface area contributed by atoms with Crippen LogP contribution in [0.25, 0.3) is 16.9 Å². The number of aromatic nitrogens is 4. The molecule has 4 rings (SSSR count). The number of hydrogen-bond donors (Lipinski definition) is 3. The van der Waals surface area contributed by atoms with Gasteiger partial charge in [-0.2, -0.15) is 18.3 Å². The van der Waals surface area contributed by atoms with Crippen LogP contribution in [-0.2, 0) is 6.18 Å². The molecule has 30 heavy (non-hydrogen) atoms. The summed E-state index contributed by atoms with van der Waals surface area (Å²) in [5.74, 6) is 0.189. The fourth-order valence-corrected chi connectivity index (χ4v) is 3.89. The Balaban J connectivity index is 1.78.